The standard InChI is InChI=1S/C22H19F4N3O/c1-13-2-4-14(5-3-13)20-27-19-12-29(9-8-17(19)21(30)28-20)11-15-6-7-16(10-18(15)23)22(24,25)26/h2-7,10H,8-9,11-12H2,1H3,(H,27,28,30). The van der Waals surface area contributed by atoms with Crippen molar-refractivity contribution in [1.82, 2.24) is 14.9 Å². The van der Waals surface area contributed by atoms with E-state index in [2.05, 4.69) is 9.97 Å². The first kappa shape index (κ1) is 20.3. The van der Waals surface area contributed by atoms with Gasteiger partial charge in [0.05, 0.1) is 11.3 Å². The number of benzene rings is 2. The van der Waals surface area contributed by atoms with Crippen LogP contribution in [-0.2, 0) is 25.7 Å². The van der Waals surface area contributed by atoms with Gasteiger partial charge in [-0.15, -0.1) is 0 Å². The van der Waals surface area contributed by atoms with Crippen molar-refractivity contribution in [3.63, 3.8) is 0 Å². The number of rotatable bonds is 3. The molecule has 0 saturated carbocycles. The Kier molecular flexibility index (Phi) is 5.19. The minimum absolute atomic E-state index is 0.137. The molecule has 0 bridgehead atoms. The van der Waals surface area contributed by atoms with Crippen LogP contribution >= 0.6 is 0 Å². The highest BCUT2D eigenvalue weighted by atomic mass is 19.4. The van der Waals surface area contributed by atoms with Crippen molar-refractivity contribution in [2.75, 3.05) is 6.54 Å². The molecule has 1 aromatic heterocycles. The van der Waals surface area contributed by atoms with E-state index in [-0.39, 0.29) is 17.7 Å². The second-order valence-corrected chi connectivity index (χ2v) is 7.47. The van der Waals surface area contributed by atoms with Gasteiger partial charge in [0.2, 0.25) is 0 Å². The highest BCUT2D eigenvalue weighted by molar-refractivity contribution is 5.55. The summed E-state index contributed by atoms with van der Waals surface area (Å²) in [5.41, 5.74) is 2.03. The Morgan fingerprint density at radius 1 is 1.13 bits per heavy atom. The Morgan fingerprint density at radius 3 is 2.53 bits per heavy atom. The highest BCUT2D eigenvalue weighted by Crippen LogP contribution is 2.30. The molecule has 1 aliphatic heterocycles. The van der Waals surface area contributed by atoms with E-state index in [1.165, 1.54) is 0 Å². The number of fused-ring (bicyclic) bond motifs is 1. The molecule has 0 saturated heterocycles. The molecule has 1 aliphatic rings. The lowest BCUT2D eigenvalue weighted by atomic mass is 10.0. The largest absolute Gasteiger partial charge is 0.416 e. The van der Waals surface area contributed by atoms with Crippen LogP contribution in [0.1, 0.15) is 27.9 Å². The number of hydrogen-bond donors (Lipinski definition) is 1. The summed E-state index contributed by atoms with van der Waals surface area (Å²) in [5, 5.41) is 0. The average Bonchev–Trinajstić information content (AvgIpc) is 2.69. The summed E-state index contributed by atoms with van der Waals surface area (Å²) < 4.78 is 52.4. The van der Waals surface area contributed by atoms with Crippen LogP contribution in [0.4, 0.5) is 17.6 Å². The Bertz CT molecular complexity index is 1140. The van der Waals surface area contributed by atoms with E-state index in [1.54, 1.807) is 0 Å². The van der Waals surface area contributed by atoms with E-state index in [0.29, 0.717) is 42.7 Å². The van der Waals surface area contributed by atoms with Gasteiger partial charge in [0, 0.05) is 36.3 Å². The summed E-state index contributed by atoms with van der Waals surface area (Å²) in [6.45, 7) is 2.91. The smallest absolute Gasteiger partial charge is 0.306 e. The molecule has 3 aromatic rings. The Labute approximate surface area is 170 Å². The van der Waals surface area contributed by atoms with E-state index in [1.807, 2.05) is 36.1 Å². The van der Waals surface area contributed by atoms with Crippen molar-refractivity contribution in [2.45, 2.75) is 32.6 Å². The van der Waals surface area contributed by atoms with E-state index in [0.717, 1.165) is 23.3 Å². The zero-order chi connectivity index (χ0) is 21.5. The number of hydrogen-bond acceptors (Lipinski definition) is 3. The number of nitrogens with zero attached hydrogens (tertiary/aromatic N) is 2. The average molecular weight is 417 g/mol. The monoisotopic (exact) mass is 417 g/mol. The summed E-state index contributed by atoms with van der Waals surface area (Å²) in [6, 6.07) is 10.2. The molecule has 2 heterocycles. The lowest BCUT2D eigenvalue weighted by molar-refractivity contribution is -0.137. The summed E-state index contributed by atoms with van der Waals surface area (Å²) >= 11 is 0. The van der Waals surface area contributed by atoms with Gasteiger partial charge in [-0.1, -0.05) is 35.9 Å². The fraction of sp³-hybridized carbons (Fsp3) is 0.273. The summed E-state index contributed by atoms with van der Waals surface area (Å²) in [6.07, 6.45) is -4.14. The van der Waals surface area contributed by atoms with Gasteiger partial charge < -0.3 is 4.98 Å². The minimum Gasteiger partial charge on any atom is -0.306 e. The van der Waals surface area contributed by atoms with Crippen LogP contribution in [0.15, 0.2) is 47.3 Å². The van der Waals surface area contributed by atoms with Crippen LogP contribution in [0, 0.1) is 12.7 Å². The molecular formula is C22H19F4N3O. The third-order valence-electron chi connectivity index (χ3n) is 5.25. The van der Waals surface area contributed by atoms with Gasteiger partial charge in [-0.25, -0.2) is 9.37 Å². The third kappa shape index (κ3) is 4.14. The first-order valence-electron chi connectivity index (χ1n) is 9.48. The lowest BCUT2D eigenvalue weighted by Crippen LogP contribution is -2.35. The van der Waals surface area contributed by atoms with Crippen LogP contribution < -0.4 is 5.56 Å². The second-order valence-electron chi connectivity index (χ2n) is 7.47. The minimum atomic E-state index is -4.58. The molecule has 0 aliphatic carbocycles. The van der Waals surface area contributed by atoms with Gasteiger partial charge in [0.25, 0.3) is 5.56 Å². The van der Waals surface area contributed by atoms with Crippen molar-refractivity contribution in [2.24, 2.45) is 0 Å². The molecule has 8 heteroatoms. The molecule has 156 valence electrons. The Morgan fingerprint density at radius 2 is 1.87 bits per heavy atom. The predicted octanol–water partition coefficient (Wildman–Crippen LogP) is 4.46. The molecule has 30 heavy (non-hydrogen) atoms. The molecule has 0 unspecified atom stereocenters. The van der Waals surface area contributed by atoms with Crippen LogP contribution in [0.5, 0.6) is 0 Å². The third-order valence-corrected chi connectivity index (χ3v) is 5.25. The molecule has 0 amide bonds. The molecular weight excluding hydrogens is 398 g/mol. The molecule has 0 atom stereocenters. The molecule has 4 nitrogen and oxygen atoms in total. The van der Waals surface area contributed by atoms with Crippen molar-refractivity contribution in [3.05, 3.63) is 86.6 Å². The van der Waals surface area contributed by atoms with Crippen molar-refractivity contribution in [1.29, 1.82) is 0 Å². The normalized spacial score (nSPS) is 14.6. The maximum atomic E-state index is 14.2. The van der Waals surface area contributed by atoms with E-state index in [9.17, 15) is 22.4 Å². The number of aromatic amines is 1. The number of alkyl halides is 3. The Hall–Kier alpha value is -3.00. The number of aryl methyl sites for hydroxylation is 1. The van der Waals surface area contributed by atoms with Gasteiger partial charge >= 0.3 is 6.18 Å². The SMILES string of the molecule is Cc1ccc(-c2nc3c(c(=O)[nH]2)CCN(Cc2ccc(C(F)(F)F)cc2F)C3)cc1. The lowest BCUT2D eigenvalue weighted by Gasteiger charge is -2.28. The van der Waals surface area contributed by atoms with Crippen LogP contribution in [-0.4, -0.2) is 21.4 Å². The van der Waals surface area contributed by atoms with E-state index >= 15 is 0 Å². The van der Waals surface area contributed by atoms with Crippen molar-refractivity contribution >= 4 is 0 Å². The van der Waals surface area contributed by atoms with Crippen molar-refractivity contribution in [3.8, 4) is 11.4 Å². The van der Waals surface area contributed by atoms with Gasteiger partial charge in [-0.3, -0.25) is 9.69 Å². The van der Waals surface area contributed by atoms with Crippen molar-refractivity contribution < 1.29 is 17.6 Å². The molecule has 0 spiro atoms. The number of H-pyrrole nitrogens is 1. The second kappa shape index (κ2) is 7.68. The van der Waals surface area contributed by atoms with Crippen LogP contribution in [0.2, 0.25) is 0 Å². The van der Waals surface area contributed by atoms with E-state index < -0.39 is 17.6 Å². The fourth-order valence-corrected chi connectivity index (χ4v) is 3.57. The molecule has 0 fully saturated rings. The number of aromatic nitrogens is 2. The quantitative estimate of drug-likeness (QED) is 0.640. The molecule has 0 radical (unpaired) electrons. The predicted molar refractivity (Wildman–Crippen MR) is 104 cm³/mol. The summed E-state index contributed by atoms with van der Waals surface area (Å²) in [7, 11) is 0. The van der Waals surface area contributed by atoms with Gasteiger partial charge in [0.1, 0.15) is 11.6 Å². The first-order valence-corrected chi connectivity index (χ1v) is 9.48. The zero-order valence-corrected chi connectivity index (χ0v) is 16.2. The first-order chi connectivity index (χ1) is 14.2. The van der Waals surface area contributed by atoms with E-state index in [4.69, 9.17) is 0 Å². The van der Waals surface area contributed by atoms with Crippen LogP contribution in [0.3, 0.4) is 0 Å². The maximum Gasteiger partial charge on any atom is 0.416 e. The van der Waals surface area contributed by atoms with Gasteiger partial charge in [0.15, 0.2) is 0 Å². The molecule has 2 aromatic carbocycles. The van der Waals surface area contributed by atoms with Crippen LogP contribution in [0.25, 0.3) is 11.4 Å². The van der Waals surface area contributed by atoms with Gasteiger partial charge in [-0.2, -0.15) is 13.2 Å². The fourth-order valence-electron chi connectivity index (χ4n) is 3.57. The summed E-state index contributed by atoms with van der Waals surface area (Å²) in [4.78, 5) is 21.8. The van der Waals surface area contributed by atoms with Gasteiger partial charge in [-0.05, 0) is 25.5 Å². The molecule has 1 N–H and O–H groups in total. The highest BCUT2D eigenvalue weighted by Gasteiger charge is 2.31. The molecule has 4 rings (SSSR count). The topological polar surface area (TPSA) is 49.0 Å². The maximum absolute atomic E-state index is 14.2. The Balaban J connectivity index is 1.57. The summed E-state index contributed by atoms with van der Waals surface area (Å²) in [5.74, 6) is -0.434. The zero-order valence-electron chi connectivity index (χ0n) is 16.2. The number of halogens is 4. The number of nitrogens with one attached hydrogen (secondary N) is 1.